The summed E-state index contributed by atoms with van der Waals surface area (Å²) in [6.45, 7) is 2.50. The lowest BCUT2D eigenvalue weighted by Crippen LogP contribution is -2.01. The average Bonchev–Trinajstić information content (AvgIpc) is 2.79. The summed E-state index contributed by atoms with van der Waals surface area (Å²) in [5.74, 6) is 1.53. The fraction of sp³-hybridized carbons (Fsp3) is 0.357. The second-order valence-electron chi connectivity index (χ2n) is 4.47. The third-order valence-electron chi connectivity index (χ3n) is 2.94. The van der Waals surface area contributed by atoms with Crippen molar-refractivity contribution in [2.75, 3.05) is 12.4 Å². The molecule has 1 heterocycles. The van der Waals surface area contributed by atoms with E-state index in [9.17, 15) is 4.79 Å². The van der Waals surface area contributed by atoms with Crippen LogP contribution in [0.25, 0.3) is 0 Å². The van der Waals surface area contributed by atoms with Crippen LogP contribution < -0.4 is 4.74 Å². The van der Waals surface area contributed by atoms with Gasteiger partial charge in [0, 0.05) is 12.8 Å². The highest BCUT2D eigenvalue weighted by Crippen LogP contribution is 2.17. The molecule has 0 aliphatic heterocycles. The first kappa shape index (κ1) is 15.4. The molecule has 0 saturated heterocycles. The number of ether oxygens (including phenoxy) is 1. The van der Waals surface area contributed by atoms with Crippen molar-refractivity contribution in [1.82, 2.24) is 14.8 Å². The second-order valence-corrected chi connectivity index (χ2v) is 5.53. The molecule has 0 bridgehead atoms. The lowest BCUT2D eigenvalue weighted by Gasteiger charge is -2.06. The minimum absolute atomic E-state index is 0.260. The summed E-state index contributed by atoms with van der Waals surface area (Å²) >= 11 is 1.64. The molecule has 0 atom stereocenters. The van der Waals surface area contributed by atoms with Crippen molar-refractivity contribution in [3.8, 4) is 5.75 Å². The van der Waals surface area contributed by atoms with E-state index in [1.807, 2.05) is 18.5 Å². The Labute approximate surface area is 127 Å². The molecule has 0 aliphatic rings. The molecule has 0 radical (unpaired) electrons. The lowest BCUT2D eigenvalue weighted by molar-refractivity contribution is 0.0697. The summed E-state index contributed by atoms with van der Waals surface area (Å²) in [5.41, 5.74) is 0.260. The van der Waals surface area contributed by atoms with Crippen LogP contribution >= 0.6 is 11.8 Å². The molecule has 112 valence electrons. The SMILES string of the molecule is Cc1nnc(SCCCOc2ccc(C(=O)O)cc2)n1C. The number of hydrogen-bond donors (Lipinski definition) is 1. The molecule has 2 aromatic rings. The number of aryl methyl sites for hydroxylation is 1. The van der Waals surface area contributed by atoms with Gasteiger partial charge in [0.15, 0.2) is 5.16 Å². The van der Waals surface area contributed by atoms with E-state index >= 15 is 0 Å². The van der Waals surface area contributed by atoms with E-state index in [0.29, 0.717) is 12.4 Å². The standard InChI is InChI=1S/C14H17N3O3S/c1-10-15-16-14(17(10)2)21-9-3-8-20-12-6-4-11(5-7-12)13(18)19/h4-7H,3,8-9H2,1-2H3,(H,18,19). The largest absolute Gasteiger partial charge is 0.494 e. The van der Waals surface area contributed by atoms with Crippen molar-refractivity contribution < 1.29 is 14.6 Å². The molecule has 0 fully saturated rings. The predicted octanol–water partition coefficient (Wildman–Crippen LogP) is 2.38. The molecule has 0 unspecified atom stereocenters. The van der Waals surface area contributed by atoms with E-state index in [0.717, 1.165) is 23.2 Å². The Morgan fingerprint density at radius 1 is 1.33 bits per heavy atom. The zero-order valence-electron chi connectivity index (χ0n) is 11.9. The first-order valence-electron chi connectivity index (χ1n) is 6.53. The Morgan fingerprint density at radius 2 is 2.05 bits per heavy atom. The van der Waals surface area contributed by atoms with Gasteiger partial charge in [0.05, 0.1) is 12.2 Å². The van der Waals surface area contributed by atoms with E-state index < -0.39 is 5.97 Å². The van der Waals surface area contributed by atoms with Crippen molar-refractivity contribution >= 4 is 17.7 Å². The van der Waals surface area contributed by atoms with Gasteiger partial charge in [-0.05, 0) is 37.6 Å². The number of carboxylic acid groups (broad SMARTS) is 1. The Kier molecular flexibility index (Phi) is 5.21. The van der Waals surface area contributed by atoms with Crippen LogP contribution in [0.15, 0.2) is 29.4 Å². The van der Waals surface area contributed by atoms with Crippen molar-refractivity contribution in [2.24, 2.45) is 7.05 Å². The van der Waals surface area contributed by atoms with Gasteiger partial charge in [0.1, 0.15) is 11.6 Å². The molecular weight excluding hydrogens is 290 g/mol. The van der Waals surface area contributed by atoms with Gasteiger partial charge < -0.3 is 14.4 Å². The predicted molar refractivity (Wildman–Crippen MR) is 80.0 cm³/mol. The zero-order valence-corrected chi connectivity index (χ0v) is 12.8. The number of carbonyl (C=O) groups is 1. The summed E-state index contributed by atoms with van der Waals surface area (Å²) < 4.78 is 7.52. The molecule has 2 rings (SSSR count). The van der Waals surface area contributed by atoms with Crippen molar-refractivity contribution in [3.63, 3.8) is 0 Å². The Hall–Kier alpha value is -2.02. The number of hydrogen-bond acceptors (Lipinski definition) is 5. The maximum Gasteiger partial charge on any atom is 0.335 e. The fourth-order valence-corrected chi connectivity index (χ4v) is 2.49. The second kappa shape index (κ2) is 7.12. The Morgan fingerprint density at radius 3 is 2.62 bits per heavy atom. The molecule has 1 N–H and O–H groups in total. The number of rotatable bonds is 7. The van der Waals surface area contributed by atoms with Gasteiger partial charge in [-0.3, -0.25) is 0 Å². The van der Waals surface area contributed by atoms with Crippen LogP contribution in [0, 0.1) is 6.92 Å². The van der Waals surface area contributed by atoms with Crippen LogP contribution in [-0.2, 0) is 7.05 Å². The van der Waals surface area contributed by atoms with Gasteiger partial charge in [0.2, 0.25) is 0 Å². The summed E-state index contributed by atoms with van der Waals surface area (Å²) in [5, 5.41) is 17.8. The minimum atomic E-state index is -0.933. The third-order valence-corrected chi connectivity index (χ3v) is 4.05. The van der Waals surface area contributed by atoms with E-state index in [-0.39, 0.29) is 5.56 Å². The first-order valence-corrected chi connectivity index (χ1v) is 7.51. The van der Waals surface area contributed by atoms with E-state index in [1.54, 1.807) is 23.9 Å². The summed E-state index contributed by atoms with van der Waals surface area (Å²) in [7, 11) is 1.94. The molecular formula is C14H17N3O3S. The van der Waals surface area contributed by atoms with Gasteiger partial charge in [-0.25, -0.2) is 4.79 Å². The fourth-order valence-electron chi connectivity index (χ4n) is 1.62. The molecule has 1 aromatic heterocycles. The van der Waals surface area contributed by atoms with E-state index in [2.05, 4.69) is 10.2 Å². The van der Waals surface area contributed by atoms with Gasteiger partial charge in [-0.15, -0.1) is 10.2 Å². The summed E-state index contributed by atoms with van der Waals surface area (Å²) in [6, 6.07) is 6.41. The van der Waals surface area contributed by atoms with Crippen LogP contribution in [0.5, 0.6) is 5.75 Å². The number of aromatic carboxylic acids is 1. The van der Waals surface area contributed by atoms with Crippen molar-refractivity contribution in [3.05, 3.63) is 35.7 Å². The number of benzene rings is 1. The van der Waals surface area contributed by atoms with Crippen LogP contribution in [0.2, 0.25) is 0 Å². The number of aromatic nitrogens is 3. The summed E-state index contributed by atoms with van der Waals surface area (Å²) in [6.07, 6.45) is 0.872. The van der Waals surface area contributed by atoms with Gasteiger partial charge >= 0.3 is 5.97 Å². The van der Waals surface area contributed by atoms with E-state index in [4.69, 9.17) is 9.84 Å². The minimum Gasteiger partial charge on any atom is -0.494 e. The van der Waals surface area contributed by atoms with Crippen LogP contribution in [0.3, 0.4) is 0 Å². The lowest BCUT2D eigenvalue weighted by atomic mass is 10.2. The van der Waals surface area contributed by atoms with Crippen molar-refractivity contribution in [2.45, 2.75) is 18.5 Å². The van der Waals surface area contributed by atoms with Crippen LogP contribution in [0.4, 0.5) is 0 Å². The molecule has 6 nitrogen and oxygen atoms in total. The van der Waals surface area contributed by atoms with Crippen molar-refractivity contribution in [1.29, 1.82) is 0 Å². The summed E-state index contributed by atoms with van der Waals surface area (Å²) in [4.78, 5) is 10.7. The molecule has 0 amide bonds. The van der Waals surface area contributed by atoms with Gasteiger partial charge in [0.25, 0.3) is 0 Å². The van der Waals surface area contributed by atoms with Gasteiger partial charge in [-0.2, -0.15) is 0 Å². The molecule has 0 spiro atoms. The zero-order chi connectivity index (χ0) is 15.2. The van der Waals surface area contributed by atoms with Crippen LogP contribution in [0.1, 0.15) is 22.6 Å². The van der Waals surface area contributed by atoms with E-state index in [1.165, 1.54) is 12.1 Å². The molecule has 0 saturated carbocycles. The molecule has 7 heteroatoms. The normalized spacial score (nSPS) is 10.6. The average molecular weight is 307 g/mol. The first-order chi connectivity index (χ1) is 10.1. The van der Waals surface area contributed by atoms with Crippen LogP contribution in [-0.4, -0.2) is 38.2 Å². The molecule has 0 aliphatic carbocycles. The Balaban J connectivity index is 1.70. The number of carboxylic acids is 1. The Bertz CT molecular complexity index is 610. The highest BCUT2D eigenvalue weighted by atomic mass is 32.2. The monoisotopic (exact) mass is 307 g/mol. The number of nitrogens with zero attached hydrogens (tertiary/aromatic N) is 3. The maximum atomic E-state index is 10.7. The third kappa shape index (κ3) is 4.22. The molecule has 21 heavy (non-hydrogen) atoms. The maximum absolute atomic E-state index is 10.7. The quantitative estimate of drug-likeness (QED) is 0.625. The smallest absolute Gasteiger partial charge is 0.335 e. The molecule has 1 aromatic carbocycles. The topological polar surface area (TPSA) is 77.2 Å². The highest BCUT2D eigenvalue weighted by Gasteiger charge is 2.05. The van der Waals surface area contributed by atoms with Gasteiger partial charge in [-0.1, -0.05) is 11.8 Å². The highest BCUT2D eigenvalue weighted by molar-refractivity contribution is 7.99. The number of thioether (sulfide) groups is 1.